The van der Waals surface area contributed by atoms with Crippen LogP contribution in [-0.2, 0) is 0 Å². The summed E-state index contributed by atoms with van der Waals surface area (Å²) in [6, 6.07) is 9.09. The number of aromatic nitrogens is 3. The lowest BCUT2D eigenvalue weighted by Crippen LogP contribution is -2.33. The number of halogens is 2. The Morgan fingerprint density at radius 1 is 1.16 bits per heavy atom. The Labute approximate surface area is 186 Å². The number of fused-ring (bicyclic) bond motifs is 1. The van der Waals surface area contributed by atoms with Gasteiger partial charge in [-0.15, -0.1) is 0 Å². The van der Waals surface area contributed by atoms with Crippen molar-refractivity contribution in [2.24, 2.45) is 5.92 Å². The summed E-state index contributed by atoms with van der Waals surface area (Å²) in [6.45, 7) is 7.05. The van der Waals surface area contributed by atoms with E-state index >= 15 is 0 Å². The summed E-state index contributed by atoms with van der Waals surface area (Å²) in [5.74, 6) is 2.18. The van der Waals surface area contributed by atoms with Gasteiger partial charge in [-0.1, -0.05) is 18.2 Å². The quantitative estimate of drug-likeness (QED) is 0.570. The van der Waals surface area contributed by atoms with Gasteiger partial charge in [0, 0.05) is 30.0 Å². The number of hydrogen-bond donors (Lipinski definition) is 1. The lowest BCUT2D eigenvalue weighted by atomic mass is 9.97. The molecular formula is C24H26F2N6. The Morgan fingerprint density at radius 2 is 1.88 bits per heavy atom. The number of nitrogens with zero attached hydrogens (tertiary/aromatic N) is 5. The molecule has 32 heavy (non-hydrogen) atoms. The van der Waals surface area contributed by atoms with Crippen molar-refractivity contribution >= 4 is 22.5 Å². The largest absolute Gasteiger partial charge is 0.363 e. The van der Waals surface area contributed by atoms with Gasteiger partial charge in [-0.2, -0.15) is 5.26 Å². The Morgan fingerprint density at radius 3 is 2.56 bits per heavy atom. The van der Waals surface area contributed by atoms with Crippen molar-refractivity contribution < 1.29 is 8.78 Å². The molecule has 0 radical (unpaired) electrons. The van der Waals surface area contributed by atoms with E-state index in [1.807, 2.05) is 26.0 Å². The van der Waals surface area contributed by atoms with Crippen LogP contribution in [0, 0.1) is 31.1 Å². The zero-order valence-electron chi connectivity index (χ0n) is 18.4. The maximum absolute atomic E-state index is 13.4. The summed E-state index contributed by atoms with van der Waals surface area (Å²) in [4.78, 5) is 15.9. The van der Waals surface area contributed by atoms with Crippen LogP contribution in [0.1, 0.15) is 54.7 Å². The highest BCUT2D eigenvalue weighted by atomic mass is 19.3. The highest BCUT2D eigenvalue weighted by Crippen LogP contribution is 2.32. The van der Waals surface area contributed by atoms with E-state index in [2.05, 4.69) is 31.2 Å². The third-order valence-electron chi connectivity index (χ3n) is 6.15. The average molecular weight is 437 g/mol. The SMILES string of the molecule is Cc1nc(N[C@H](C)c2cccc(C(F)F)c2C)c2cc(N3CCC(C#N)CC3)ncc2n1. The molecule has 0 saturated carbocycles. The summed E-state index contributed by atoms with van der Waals surface area (Å²) in [7, 11) is 0. The lowest BCUT2D eigenvalue weighted by Gasteiger charge is -2.30. The van der Waals surface area contributed by atoms with E-state index in [1.165, 1.54) is 6.07 Å². The smallest absolute Gasteiger partial charge is 0.264 e. The summed E-state index contributed by atoms with van der Waals surface area (Å²) in [5.41, 5.74) is 2.16. The first kappa shape index (κ1) is 21.9. The fourth-order valence-corrected chi connectivity index (χ4v) is 4.32. The van der Waals surface area contributed by atoms with E-state index in [4.69, 9.17) is 5.26 Å². The van der Waals surface area contributed by atoms with Gasteiger partial charge in [-0.3, -0.25) is 0 Å². The van der Waals surface area contributed by atoms with Gasteiger partial charge in [0.1, 0.15) is 17.5 Å². The molecule has 1 atom stereocenters. The van der Waals surface area contributed by atoms with E-state index in [-0.39, 0.29) is 17.5 Å². The van der Waals surface area contributed by atoms with Crippen molar-refractivity contribution in [3.63, 3.8) is 0 Å². The number of piperidine rings is 1. The summed E-state index contributed by atoms with van der Waals surface area (Å²) >= 11 is 0. The summed E-state index contributed by atoms with van der Waals surface area (Å²) in [6.07, 6.45) is 0.877. The molecule has 0 amide bonds. The molecule has 1 aromatic carbocycles. The second-order valence-electron chi connectivity index (χ2n) is 8.30. The number of aryl methyl sites for hydroxylation is 1. The molecule has 0 aliphatic carbocycles. The Balaban J connectivity index is 1.66. The third-order valence-corrected chi connectivity index (χ3v) is 6.15. The van der Waals surface area contributed by atoms with Gasteiger partial charge < -0.3 is 10.2 Å². The molecule has 2 aromatic heterocycles. The summed E-state index contributed by atoms with van der Waals surface area (Å²) in [5, 5.41) is 13.4. The minimum Gasteiger partial charge on any atom is -0.363 e. The maximum atomic E-state index is 13.4. The number of alkyl halides is 2. The molecule has 1 aliphatic heterocycles. The van der Waals surface area contributed by atoms with Gasteiger partial charge in [0.2, 0.25) is 0 Å². The van der Waals surface area contributed by atoms with E-state index in [1.54, 1.807) is 19.2 Å². The van der Waals surface area contributed by atoms with Crippen molar-refractivity contribution in [3.8, 4) is 6.07 Å². The first-order valence-corrected chi connectivity index (χ1v) is 10.8. The van der Waals surface area contributed by atoms with Crippen LogP contribution in [0.25, 0.3) is 10.9 Å². The first-order valence-electron chi connectivity index (χ1n) is 10.8. The van der Waals surface area contributed by atoms with Crippen molar-refractivity contribution in [3.05, 3.63) is 53.0 Å². The van der Waals surface area contributed by atoms with Crippen LogP contribution in [0.15, 0.2) is 30.5 Å². The van der Waals surface area contributed by atoms with Crippen LogP contribution in [-0.4, -0.2) is 28.0 Å². The van der Waals surface area contributed by atoms with E-state index in [9.17, 15) is 8.78 Å². The van der Waals surface area contributed by atoms with E-state index < -0.39 is 6.43 Å². The third kappa shape index (κ3) is 4.33. The monoisotopic (exact) mass is 436 g/mol. The highest BCUT2D eigenvalue weighted by molar-refractivity contribution is 5.90. The lowest BCUT2D eigenvalue weighted by molar-refractivity contribution is 0.150. The zero-order chi connectivity index (χ0) is 22.8. The number of anilines is 2. The van der Waals surface area contributed by atoms with Gasteiger partial charge in [0.15, 0.2) is 0 Å². The minimum absolute atomic E-state index is 0.0483. The number of pyridine rings is 1. The van der Waals surface area contributed by atoms with Gasteiger partial charge in [0.25, 0.3) is 6.43 Å². The van der Waals surface area contributed by atoms with Crippen LogP contribution >= 0.6 is 0 Å². The fraction of sp³-hybridized carbons (Fsp3) is 0.417. The zero-order valence-corrected chi connectivity index (χ0v) is 18.4. The molecule has 1 aliphatic rings. The molecule has 0 bridgehead atoms. The number of nitrogens with one attached hydrogen (secondary N) is 1. The molecule has 0 spiro atoms. The number of hydrogen-bond acceptors (Lipinski definition) is 6. The normalized spacial score (nSPS) is 15.7. The van der Waals surface area contributed by atoms with E-state index in [0.717, 1.165) is 48.2 Å². The van der Waals surface area contributed by atoms with Crippen LogP contribution in [0.4, 0.5) is 20.4 Å². The average Bonchev–Trinajstić information content (AvgIpc) is 2.78. The molecular weight excluding hydrogens is 410 g/mol. The molecule has 1 fully saturated rings. The van der Waals surface area contributed by atoms with Crippen LogP contribution in [0.3, 0.4) is 0 Å². The van der Waals surface area contributed by atoms with Gasteiger partial charge in [-0.25, -0.2) is 23.7 Å². The molecule has 3 aromatic rings. The fourth-order valence-electron chi connectivity index (χ4n) is 4.32. The van der Waals surface area contributed by atoms with Gasteiger partial charge in [0.05, 0.1) is 23.8 Å². The molecule has 166 valence electrons. The van der Waals surface area contributed by atoms with Crippen molar-refractivity contribution in [2.75, 3.05) is 23.3 Å². The Bertz CT molecular complexity index is 1170. The predicted octanol–water partition coefficient (Wildman–Crippen LogP) is 5.49. The van der Waals surface area contributed by atoms with Crippen LogP contribution in [0.2, 0.25) is 0 Å². The van der Waals surface area contributed by atoms with Gasteiger partial charge in [-0.05, 0) is 50.8 Å². The minimum atomic E-state index is -2.51. The van der Waals surface area contributed by atoms with Crippen molar-refractivity contribution in [1.82, 2.24) is 15.0 Å². The molecule has 3 heterocycles. The van der Waals surface area contributed by atoms with E-state index in [0.29, 0.717) is 17.2 Å². The van der Waals surface area contributed by atoms with Gasteiger partial charge >= 0.3 is 0 Å². The topological polar surface area (TPSA) is 77.7 Å². The molecule has 4 rings (SSSR count). The van der Waals surface area contributed by atoms with Crippen molar-refractivity contribution in [1.29, 1.82) is 5.26 Å². The standard InChI is InChI=1S/C24H26F2N6/c1-14-18(5-4-6-19(14)23(25)26)15(2)29-24-20-11-22(28-13-21(20)30-16(3)31-24)32-9-7-17(12-27)8-10-32/h4-6,11,13,15,17,23H,7-10H2,1-3H3,(H,29,30,31)/t15-/m1/s1. The molecule has 0 unspecified atom stereocenters. The van der Waals surface area contributed by atoms with Crippen LogP contribution in [0.5, 0.6) is 0 Å². The second-order valence-corrected chi connectivity index (χ2v) is 8.30. The number of rotatable bonds is 5. The number of nitriles is 1. The van der Waals surface area contributed by atoms with Crippen molar-refractivity contribution in [2.45, 2.75) is 46.1 Å². The maximum Gasteiger partial charge on any atom is 0.264 e. The Hall–Kier alpha value is -3.34. The Kier molecular flexibility index (Phi) is 6.17. The molecule has 8 heteroatoms. The first-order chi connectivity index (χ1) is 15.4. The predicted molar refractivity (Wildman–Crippen MR) is 121 cm³/mol. The second kappa shape index (κ2) is 9.03. The summed E-state index contributed by atoms with van der Waals surface area (Å²) < 4.78 is 26.7. The molecule has 1 saturated heterocycles. The molecule has 6 nitrogen and oxygen atoms in total. The number of benzene rings is 1. The highest BCUT2D eigenvalue weighted by Gasteiger charge is 2.21. The molecule has 1 N–H and O–H groups in total. The van der Waals surface area contributed by atoms with Crippen LogP contribution < -0.4 is 10.2 Å².